The third-order valence-electron chi connectivity index (χ3n) is 5.57. The topological polar surface area (TPSA) is 36.4 Å². The van der Waals surface area contributed by atoms with Gasteiger partial charge in [-0.15, -0.1) is 12.4 Å². The van der Waals surface area contributed by atoms with E-state index in [9.17, 15) is 4.79 Å². The molecular formula is C20H24ClN3O. The number of hydrogen-bond donors (Lipinski definition) is 0. The number of nitrogens with zero attached hydrogens (tertiary/aromatic N) is 3. The average molecular weight is 358 g/mol. The summed E-state index contributed by atoms with van der Waals surface area (Å²) in [6.45, 7) is 4.90. The van der Waals surface area contributed by atoms with E-state index in [0.29, 0.717) is 23.6 Å². The third-order valence-corrected chi connectivity index (χ3v) is 5.57. The number of aryl methyl sites for hydroxylation is 1. The molecule has 2 saturated heterocycles. The minimum Gasteiger partial charge on any atom is -0.337 e. The second-order valence-corrected chi connectivity index (χ2v) is 7.09. The Morgan fingerprint density at radius 2 is 1.84 bits per heavy atom. The van der Waals surface area contributed by atoms with Gasteiger partial charge in [0.25, 0.3) is 5.91 Å². The molecule has 1 amide bonds. The Morgan fingerprint density at radius 1 is 1.08 bits per heavy atom. The summed E-state index contributed by atoms with van der Waals surface area (Å²) in [4.78, 5) is 21.4. The lowest BCUT2D eigenvalue weighted by Gasteiger charge is -2.28. The van der Waals surface area contributed by atoms with Crippen LogP contribution in [0.4, 0.5) is 0 Å². The van der Waals surface area contributed by atoms with Crippen molar-refractivity contribution < 1.29 is 4.79 Å². The standard InChI is InChI=1S/C20H23N3O.ClH/c1-14-7-3-4-8-16(14)19-17-13-23(12-15(17)11-22(19)2)20(24)18-9-5-6-10-21-18;/h3-10,15,17,19H,11-13H2,1-2H3;1H/t15-,17+,19+;/m0./s1. The van der Waals surface area contributed by atoms with Gasteiger partial charge in [-0.1, -0.05) is 30.3 Å². The number of halogens is 1. The zero-order valence-corrected chi connectivity index (χ0v) is 15.4. The quantitative estimate of drug-likeness (QED) is 0.828. The molecule has 0 saturated carbocycles. The van der Waals surface area contributed by atoms with Crippen molar-refractivity contribution in [1.82, 2.24) is 14.8 Å². The number of benzene rings is 1. The Hall–Kier alpha value is -1.91. The van der Waals surface area contributed by atoms with Gasteiger partial charge in [-0.3, -0.25) is 14.7 Å². The molecule has 2 aromatic rings. The van der Waals surface area contributed by atoms with Gasteiger partial charge < -0.3 is 4.90 Å². The zero-order chi connectivity index (χ0) is 16.7. The molecule has 0 N–H and O–H groups in total. The van der Waals surface area contributed by atoms with E-state index in [1.807, 2.05) is 17.0 Å². The minimum absolute atomic E-state index is 0. The molecule has 3 heterocycles. The number of hydrogen-bond acceptors (Lipinski definition) is 3. The van der Waals surface area contributed by atoms with Crippen LogP contribution in [0.1, 0.15) is 27.7 Å². The zero-order valence-electron chi connectivity index (χ0n) is 14.6. The van der Waals surface area contributed by atoms with Crippen LogP contribution in [-0.2, 0) is 0 Å². The number of rotatable bonds is 2. The molecule has 0 radical (unpaired) electrons. The first-order valence-electron chi connectivity index (χ1n) is 8.61. The van der Waals surface area contributed by atoms with Crippen LogP contribution in [0.25, 0.3) is 0 Å². The number of pyridine rings is 1. The van der Waals surface area contributed by atoms with E-state index >= 15 is 0 Å². The predicted octanol–water partition coefficient (Wildman–Crippen LogP) is 3.19. The summed E-state index contributed by atoms with van der Waals surface area (Å²) in [5.41, 5.74) is 3.29. The molecule has 132 valence electrons. The summed E-state index contributed by atoms with van der Waals surface area (Å²) in [5.74, 6) is 1.12. The minimum atomic E-state index is 0. The maximum atomic E-state index is 12.7. The van der Waals surface area contributed by atoms with E-state index in [2.05, 4.69) is 48.1 Å². The highest BCUT2D eigenvalue weighted by molar-refractivity contribution is 5.92. The lowest BCUT2D eigenvalue weighted by molar-refractivity contribution is 0.0762. The molecule has 3 atom stereocenters. The number of carbonyl (C=O) groups excluding carboxylic acids is 1. The molecule has 2 aliphatic rings. The molecule has 0 spiro atoms. The number of aromatic nitrogens is 1. The summed E-state index contributed by atoms with van der Waals surface area (Å²) in [7, 11) is 2.21. The van der Waals surface area contributed by atoms with Gasteiger partial charge in [-0.2, -0.15) is 0 Å². The van der Waals surface area contributed by atoms with Crippen LogP contribution >= 0.6 is 12.4 Å². The van der Waals surface area contributed by atoms with Crippen molar-refractivity contribution in [3.8, 4) is 0 Å². The smallest absolute Gasteiger partial charge is 0.272 e. The fraction of sp³-hybridized carbons (Fsp3) is 0.400. The summed E-state index contributed by atoms with van der Waals surface area (Å²) in [6, 6.07) is 14.6. The normalized spacial score (nSPS) is 25.5. The van der Waals surface area contributed by atoms with Gasteiger partial charge in [0.15, 0.2) is 0 Å². The average Bonchev–Trinajstić information content (AvgIpc) is 3.12. The van der Waals surface area contributed by atoms with E-state index in [1.165, 1.54) is 11.1 Å². The SMILES string of the molecule is Cc1ccccc1[C@@H]1[C@@H]2CN(C(=O)c3ccccn3)C[C@@H]2CN1C.Cl. The fourth-order valence-corrected chi connectivity index (χ4v) is 4.46. The maximum Gasteiger partial charge on any atom is 0.272 e. The molecule has 1 aromatic carbocycles. The molecule has 0 unspecified atom stereocenters. The van der Waals surface area contributed by atoms with Crippen molar-refractivity contribution in [2.75, 3.05) is 26.7 Å². The van der Waals surface area contributed by atoms with Crippen LogP contribution in [0, 0.1) is 18.8 Å². The molecule has 0 bridgehead atoms. The maximum absolute atomic E-state index is 12.7. The van der Waals surface area contributed by atoms with E-state index in [1.54, 1.807) is 12.3 Å². The molecular weight excluding hydrogens is 334 g/mol. The molecule has 4 rings (SSSR count). The van der Waals surface area contributed by atoms with E-state index in [0.717, 1.165) is 19.6 Å². The number of likely N-dealkylation sites (tertiary alicyclic amines) is 2. The van der Waals surface area contributed by atoms with Crippen LogP contribution in [-0.4, -0.2) is 47.4 Å². The first-order chi connectivity index (χ1) is 11.6. The van der Waals surface area contributed by atoms with Gasteiger partial charge in [0.05, 0.1) is 0 Å². The summed E-state index contributed by atoms with van der Waals surface area (Å²) in [5, 5.41) is 0. The summed E-state index contributed by atoms with van der Waals surface area (Å²) >= 11 is 0. The Balaban J connectivity index is 0.00000182. The Bertz CT molecular complexity index is 752. The summed E-state index contributed by atoms with van der Waals surface area (Å²) < 4.78 is 0. The predicted molar refractivity (Wildman–Crippen MR) is 101 cm³/mol. The van der Waals surface area contributed by atoms with Crippen LogP contribution < -0.4 is 0 Å². The van der Waals surface area contributed by atoms with Gasteiger partial charge in [0.1, 0.15) is 5.69 Å². The van der Waals surface area contributed by atoms with Gasteiger partial charge >= 0.3 is 0 Å². The van der Waals surface area contributed by atoms with Gasteiger partial charge in [0, 0.05) is 37.8 Å². The van der Waals surface area contributed by atoms with Crippen molar-refractivity contribution >= 4 is 18.3 Å². The number of fused-ring (bicyclic) bond motifs is 1. The van der Waals surface area contributed by atoms with Crippen LogP contribution in [0.2, 0.25) is 0 Å². The molecule has 4 nitrogen and oxygen atoms in total. The molecule has 1 aromatic heterocycles. The van der Waals surface area contributed by atoms with Crippen molar-refractivity contribution in [1.29, 1.82) is 0 Å². The van der Waals surface area contributed by atoms with Crippen LogP contribution in [0.5, 0.6) is 0 Å². The van der Waals surface area contributed by atoms with Crippen molar-refractivity contribution in [3.05, 3.63) is 65.5 Å². The second kappa shape index (κ2) is 7.14. The van der Waals surface area contributed by atoms with E-state index < -0.39 is 0 Å². The fourth-order valence-electron chi connectivity index (χ4n) is 4.46. The van der Waals surface area contributed by atoms with Crippen molar-refractivity contribution in [2.45, 2.75) is 13.0 Å². The first kappa shape index (κ1) is 17.9. The van der Waals surface area contributed by atoms with Gasteiger partial charge in [-0.05, 0) is 43.1 Å². The Labute approximate surface area is 155 Å². The lowest BCUT2D eigenvalue weighted by Crippen LogP contribution is -2.34. The van der Waals surface area contributed by atoms with E-state index in [4.69, 9.17) is 0 Å². The molecule has 2 aliphatic heterocycles. The highest BCUT2D eigenvalue weighted by Gasteiger charge is 2.47. The first-order valence-corrected chi connectivity index (χ1v) is 8.61. The highest BCUT2D eigenvalue weighted by atomic mass is 35.5. The summed E-state index contributed by atoms with van der Waals surface area (Å²) in [6.07, 6.45) is 1.69. The van der Waals surface area contributed by atoms with Crippen molar-refractivity contribution in [3.63, 3.8) is 0 Å². The molecule has 5 heteroatoms. The Kier molecular flexibility index (Phi) is 5.11. The lowest BCUT2D eigenvalue weighted by atomic mass is 9.88. The van der Waals surface area contributed by atoms with E-state index in [-0.39, 0.29) is 18.3 Å². The molecule has 2 fully saturated rings. The Morgan fingerprint density at radius 3 is 2.56 bits per heavy atom. The van der Waals surface area contributed by atoms with Crippen LogP contribution in [0.15, 0.2) is 48.7 Å². The van der Waals surface area contributed by atoms with Crippen LogP contribution in [0.3, 0.4) is 0 Å². The third kappa shape index (κ3) is 3.16. The largest absolute Gasteiger partial charge is 0.337 e. The second-order valence-electron chi connectivity index (χ2n) is 7.09. The van der Waals surface area contributed by atoms with Gasteiger partial charge in [0.2, 0.25) is 0 Å². The number of amides is 1. The molecule has 0 aliphatic carbocycles. The highest BCUT2D eigenvalue weighted by Crippen LogP contribution is 2.44. The monoisotopic (exact) mass is 357 g/mol. The molecule has 25 heavy (non-hydrogen) atoms. The number of carbonyl (C=O) groups is 1. The van der Waals surface area contributed by atoms with Gasteiger partial charge in [-0.25, -0.2) is 0 Å². The van der Waals surface area contributed by atoms with Crippen molar-refractivity contribution in [2.24, 2.45) is 11.8 Å².